The fraction of sp³-hybridized carbons (Fsp3) is 0.316. The van der Waals surface area contributed by atoms with Gasteiger partial charge in [-0.25, -0.2) is 4.79 Å². The summed E-state index contributed by atoms with van der Waals surface area (Å²) < 4.78 is 0. The minimum absolute atomic E-state index is 0.285. The van der Waals surface area contributed by atoms with E-state index in [1.54, 1.807) is 12.1 Å². The zero-order valence-corrected chi connectivity index (χ0v) is 16.4. The average Bonchev–Trinajstić information content (AvgIpc) is 2.98. The first-order valence-corrected chi connectivity index (χ1v) is 9.75. The Labute approximate surface area is 166 Å². The van der Waals surface area contributed by atoms with Crippen LogP contribution in [0.15, 0.2) is 24.3 Å². The number of primary amides is 2. The summed E-state index contributed by atoms with van der Waals surface area (Å²) in [6.45, 7) is 3.82. The van der Waals surface area contributed by atoms with E-state index in [1.807, 2.05) is 19.1 Å². The molecule has 1 aliphatic heterocycles. The van der Waals surface area contributed by atoms with Crippen LogP contribution >= 0.6 is 11.3 Å². The topological polar surface area (TPSA) is 131 Å². The summed E-state index contributed by atoms with van der Waals surface area (Å²) in [4.78, 5) is 38.5. The Morgan fingerprint density at radius 3 is 2.50 bits per heavy atom. The Bertz CT molecular complexity index is 907. The molecule has 6 N–H and O–H groups in total. The molecule has 28 heavy (non-hydrogen) atoms. The first-order chi connectivity index (χ1) is 13.3. The Morgan fingerprint density at radius 2 is 1.86 bits per heavy atom. The third-order valence-corrected chi connectivity index (χ3v) is 5.73. The van der Waals surface area contributed by atoms with Crippen LogP contribution in [0, 0.1) is 6.92 Å². The van der Waals surface area contributed by atoms with Crippen molar-refractivity contribution in [3.8, 4) is 0 Å². The van der Waals surface area contributed by atoms with Gasteiger partial charge in [0.2, 0.25) is 5.91 Å². The number of nitrogens with one attached hydrogen (secondary N) is 2. The van der Waals surface area contributed by atoms with Gasteiger partial charge in [-0.2, -0.15) is 0 Å². The Kier molecular flexibility index (Phi) is 5.96. The largest absolute Gasteiger partial charge is 0.370 e. The fourth-order valence-corrected chi connectivity index (χ4v) is 4.46. The lowest BCUT2D eigenvalue weighted by molar-refractivity contribution is -0.118. The van der Waals surface area contributed by atoms with E-state index in [1.165, 1.54) is 11.3 Å². The number of carbonyl (C=O) groups excluding carboxylic acids is 3. The van der Waals surface area contributed by atoms with Crippen molar-refractivity contribution in [2.24, 2.45) is 11.5 Å². The van der Waals surface area contributed by atoms with Crippen LogP contribution < -0.4 is 22.1 Å². The number of nitrogens with two attached hydrogens (primary N) is 2. The number of rotatable bonds is 6. The maximum atomic E-state index is 12.4. The maximum Gasteiger partial charge on any atom is 0.324 e. The molecule has 0 bridgehead atoms. The number of aryl methyl sites for hydroxylation is 1. The molecule has 0 atom stereocenters. The van der Waals surface area contributed by atoms with E-state index in [0.717, 1.165) is 16.0 Å². The molecule has 2 heterocycles. The van der Waals surface area contributed by atoms with Crippen molar-refractivity contribution in [1.82, 2.24) is 4.90 Å². The van der Waals surface area contributed by atoms with Crippen LogP contribution in [-0.4, -0.2) is 35.8 Å². The normalized spacial score (nSPS) is 13.6. The van der Waals surface area contributed by atoms with Gasteiger partial charge in [-0.3, -0.25) is 19.8 Å². The van der Waals surface area contributed by atoms with Crippen molar-refractivity contribution in [3.05, 3.63) is 45.8 Å². The van der Waals surface area contributed by atoms with E-state index < -0.39 is 11.9 Å². The SMILES string of the molecule is Cc1ccc(NC(=O)Nc2sc3c(c2C(N)=O)CCN(CCC(N)=O)C3)cc1. The van der Waals surface area contributed by atoms with Crippen LogP contribution in [0.3, 0.4) is 0 Å². The van der Waals surface area contributed by atoms with Gasteiger partial charge in [0.25, 0.3) is 5.91 Å². The number of hydrogen-bond acceptors (Lipinski definition) is 5. The van der Waals surface area contributed by atoms with Crippen molar-refractivity contribution in [1.29, 1.82) is 0 Å². The lowest BCUT2D eigenvalue weighted by atomic mass is 10.0. The third-order valence-electron chi connectivity index (χ3n) is 4.59. The molecular weight excluding hydrogens is 378 g/mol. The van der Waals surface area contributed by atoms with E-state index in [2.05, 4.69) is 15.5 Å². The van der Waals surface area contributed by atoms with Gasteiger partial charge >= 0.3 is 6.03 Å². The molecule has 1 aromatic carbocycles. The molecule has 0 saturated carbocycles. The van der Waals surface area contributed by atoms with Crippen LogP contribution in [0.2, 0.25) is 0 Å². The number of thiophene rings is 1. The van der Waals surface area contributed by atoms with E-state index in [9.17, 15) is 14.4 Å². The Morgan fingerprint density at radius 1 is 1.14 bits per heavy atom. The number of amides is 4. The summed E-state index contributed by atoms with van der Waals surface area (Å²) in [6.07, 6.45) is 0.914. The summed E-state index contributed by atoms with van der Waals surface area (Å²) in [7, 11) is 0. The first kappa shape index (κ1) is 19.8. The lowest BCUT2D eigenvalue weighted by Gasteiger charge is -2.26. The van der Waals surface area contributed by atoms with E-state index in [-0.39, 0.29) is 12.3 Å². The predicted molar refractivity (Wildman–Crippen MR) is 109 cm³/mol. The molecule has 2 aromatic rings. The molecule has 1 aromatic heterocycles. The molecular formula is C19H23N5O3S. The molecule has 0 radical (unpaired) electrons. The molecule has 0 spiro atoms. The highest BCUT2D eigenvalue weighted by atomic mass is 32.1. The van der Waals surface area contributed by atoms with E-state index >= 15 is 0 Å². The number of carbonyl (C=O) groups is 3. The van der Waals surface area contributed by atoms with Gasteiger partial charge in [0.15, 0.2) is 0 Å². The van der Waals surface area contributed by atoms with Crippen LogP contribution in [0.4, 0.5) is 15.5 Å². The van der Waals surface area contributed by atoms with Gasteiger partial charge in [-0.15, -0.1) is 11.3 Å². The molecule has 8 nitrogen and oxygen atoms in total. The zero-order chi connectivity index (χ0) is 20.3. The Hall–Kier alpha value is -2.91. The molecule has 3 rings (SSSR count). The number of fused-ring (bicyclic) bond motifs is 1. The highest BCUT2D eigenvalue weighted by Crippen LogP contribution is 2.37. The van der Waals surface area contributed by atoms with Gasteiger partial charge in [-0.05, 0) is 31.0 Å². The van der Waals surface area contributed by atoms with Crippen LogP contribution in [-0.2, 0) is 17.8 Å². The maximum absolute atomic E-state index is 12.4. The van der Waals surface area contributed by atoms with Crippen LogP contribution in [0.1, 0.15) is 32.8 Å². The summed E-state index contributed by atoms with van der Waals surface area (Å²) >= 11 is 1.34. The summed E-state index contributed by atoms with van der Waals surface area (Å²) in [5.74, 6) is -0.904. The Balaban J connectivity index is 1.74. The monoisotopic (exact) mass is 401 g/mol. The quantitative estimate of drug-likeness (QED) is 0.590. The number of anilines is 2. The lowest BCUT2D eigenvalue weighted by Crippen LogP contribution is -2.33. The second-order valence-corrected chi connectivity index (χ2v) is 7.86. The van der Waals surface area contributed by atoms with Gasteiger partial charge in [0, 0.05) is 36.6 Å². The van der Waals surface area contributed by atoms with Crippen molar-refractivity contribution in [2.75, 3.05) is 23.7 Å². The number of nitrogens with zero attached hydrogens (tertiary/aromatic N) is 1. The summed E-state index contributed by atoms with van der Waals surface area (Å²) in [5, 5.41) is 5.94. The number of hydrogen-bond donors (Lipinski definition) is 4. The van der Waals surface area contributed by atoms with Crippen molar-refractivity contribution >= 4 is 39.9 Å². The molecule has 1 aliphatic rings. The molecule has 148 valence electrons. The van der Waals surface area contributed by atoms with Crippen molar-refractivity contribution < 1.29 is 14.4 Å². The molecule has 0 aliphatic carbocycles. The fourth-order valence-electron chi connectivity index (χ4n) is 3.17. The van der Waals surface area contributed by atoms with Crippen molar-refractivity contribution in [2.45, 2.75) is 26.3 Å². The summed E-state index contributed by atoms with van der Waals surface area (Å²) in [6, 6.07) is 6.97. The second-order valence-electron chi connectivity index (χ2n) is 6.76. The van der Waals surface area contributed by atoms with Gasteiger partial charge in [0.05, 0.1) is 5.56 Å². The molecule has 4 amide bonds. The van der Waals surface area contributed by atoms with E-state index in [4.69, 9.17) is 11.5 Å². The van der Waals surface area contributed by atoms with Crippen LogP contribution in [0.5, 0.6) is 0 Å². The predicted octanol–water partition coefficient (Wildman–Crippen LogP) is 2.03. The standard InChI is InChI=1S/C19H23N5O3S/c1-11-2-4-12(5-3-11)22-19(27)23-18-16(17(21)26)13-6-8-24(9-7-15(20)25)10-14(13)28-18/h2-5H,6-10H2,1H3,(H2,20,25)(H2,21,26)(H2,22,23,27). The van der Waals surface area contributed by atoms with Crippen LogP contribution in [0.25, 0.3) is 0 Å². The van der Waals surface area contributed by atoms with Crippen molar-refractivity contribution in [3.63, 3.8) is 0 Å². The number of urea groups is 1. The summed E-state index contributed by atoms with van der Waals surface area (Å²) in [5.41, 5.74) is 13.8. The van der Waals surface area contributed by atoms with E-state index in [0.29, 0.717) is 42.3 Å². The smallest absolute Gasteiger partial charge is 0.324 e. The molecule has 0 saturated heterocycles. The minimum Gasteiger partial charge on any atom is -0.370 e. The minimum atomic E-state index is -0.561. The number of benzene rings is 1. The first-order valence-electron chi connectivity index (χ1n) is 8.93. The molecule has 0 unspecified atom stereocenters. The average molecular weight is 401 g/mol. The highest BCUT2D eigenvalue weighted by Gasteiger charge is 2.27. The third kappa shape index (κ3) is 4.68. The van der Waals surface area contributed by atoms with Gasteiger partial charge in [-0.1, -0.05) is 17.7 Å². The molecule has 0 fully saturated rings. The zero-order valence-electron chi connectivity index (χ0n) is 15.6. The van der Waals surface area contributed by atoms with Gasteiger partial charge in [0.1, 0.15) is 5.00 Å². The molecule has 9 heteroatoms. The van der Waals surface area contributed by atoms with Gasteiger partial charge < -0.3 is 16.8 Å². The second kappa shape index (κ2) is 8.41. The highest BCUT2D eigenvalue weighted by molar-refractivity contribution is 7.17.